The second kappa shape index (κ2) is 9.47. The number of nitrogens with one attached hydrogen (secondary N) is 1. The van der Waals surface area contributed by atoms with E-state index < -0.39 is 11.7 Å². The van der Waals surface area contributed by atoms with Crippen molar-refractivity contribution in [3.05, 3.63) is 33.8 Å². The summed E-state index contributed by atoms with van der Waals surface area (Å²) in [5, 5.41) is 3.19. The molecule has 28 heavy (non-hydrogen) atoms. The van der Waals surface area contributed by atoms with Crippen LogP contribution in [-0.2, 0) is 9.53 Å². The molecule has 1 heterocycles. The maximum atomic E-state index is 12.7. The van der Waals surface area contributed by atoms with Crippen molar-refractivity contribution < 1.29 is 19.1 Å². The minimum Gasteiger partial charge on any atom is -0.444 e. The van der Waals surface area contributed by atoms with Gasteiger partial charge in [-0.05, 0) is 45.4 Å². The number of nitrogens with zero attached hydrogens (tertiary/aromatic N) is 2. The molecule has 1 aromatic carbocycles. The van der Waals surface area contributed by atoms with Crippen LogP contribution >= 0.6 is 23.2 Å². The van der Waals surface area contributed by atoms with Crippen molar-refractivity contribution in [1.82, 2.24) is 15.1 Å². The Kier molecular flexibility index (Phi) is 7.55. The lowest BCUT2D eigenvalue weighted by Gasteiger charge is -2.23. The zero-order valence-electron chi connectivity index (χ0n) is 16.3. The number of benzene rings is 1. The van der Waals surface area contributed by atoms with Crippen molar-refractivity contribution in [2.75, 3.05) is 32.7 Å². The van der Waals surface area contributed by atoms with E-state index in [-0.39, 0.29) is 18.4 Å². The van der Waals surface area contributed by atoms with Gasteiger partial charge in [0.05, 0.1) is 10.0 Å². The molecule has 0 unspecified atom stereocenters. The molecule has 0 bridgehead atoms. The highest BCUT2D eigenvalue weighted by Crippen LogP contribution is 2.23. The van der Waals surface area contributed by atoms with Crippen LogP contribution < -0.4 is 5.32 Å². The molecule has 0 radical (unpaired) electrons. The van der Waals surface area contributed by atoms with Crippen LogP contribution in [0.15, 0.2) is 18.2 Å². The summed E-state index contributed by atoms with van der Waals surface area (Å²) in [7, 11) is 0. The van der Waals surface area contributed by atoms with E-state index in [0.717, 1.165) is 0 Å². The first kappa shape index (κ1) is 22.3. The molecule has 1 aliphatic rings. The van der Waals surface area contributed by atoms with Gasteiger partial charge in [-0.3, -0.25) is 9.59 Å². The van der Waals surface area contributed by atoms with Gasteiger partial charge in [-0.25, -0.2) is 4.79 Å². The summed E-state index contributed by atoms with van der Waals surface area (Å²) in [5.74, 6) is -0.366. The van der Waals surface area contributed by atoms with Crippen LogP contribution in [0.5, 0.6) is 0 Å². The topological polar surface area (TPSA) is 79.0 Å². The third-order valence-electron chi connectivity index (χ3n) is 4.09. The number of ether oxygens (including phenoxy) is 1. The fourth-order valence-electron chi connectivity index (χ4n) is 2.76. The molecule has 1 fully saturated rings. The molecule has 9 heteroatoms. The smallest absolute Gasteiger partial charge is 0.408 e. The molecule has 3 amide bonds. The average molecular weight is 430 g/mol. The van der Waals surface area contributed by atoms with Crippen molar-refractivity contribution in [2.24, 2.45) is 0 Å². The van der Waals surface area contributed by atoms with Crippen LogP contribution in [0.4, 0.5) is 4.79 Å². The lowest BCUT2D eigenvalue weighted by molar-refractivity contribution is -0.130. The predicted octanol–water partition coefficient (Wildman–Crippen LogP) is 3.19. The maximum absolute atomic E-state index is 12.7. The standard InChI is InChI=1S/C19H25Cl2N3O4/c1-19(2,3)28-18(27)22-12-16(25)23-7-4-8-24(10-9-23)17(26)13-5-6-14(20)15(21)11-13/h5-6,11H,4,7-10,12H2,1-3H3,(H,22,27). The summed E-state index contributed by atoms with van der Waals surface area (Å²) >= 11 is 11.9. The van der Waals surface area contributed by atoms with Gasteiger partial charge in [0.15, 0.2) is 0 Å². The first-order chi connectivity index (χ1) is 13.1. The SMILES string of the molecule is CC(C)(C)OC(=O)NCC(=O)N1CCCN(C(=O)c2ccc(Cl)c(Cl)c2)CC1. The minimum absolute atomic E-state index is 0.143. The molecule has 2 rings (SSSR count). The van der Waals surface area contributed by atoms with Crippen molar-refractivity contribution in [3.8, 4) is 0 Å². The zero-order valence-corrected chi connectivity index (χ0v) is 17.8. The van der Waals surface area contributed by atoms with Crippen LogP contribution in [-0.4, -0.2) is 66.0 Å². The number of hydrogen-bond donors (Lipinski definition) is 1. The summed E-state index contributed by atoms with van der Waals surface area (Å²) in [6, 6.07) is 4.77. The van der Waals surface area contributed by atoms with E-state index in [4.69, 9.17) is 27.9 Å². The second-order valence-corrected chi connectivity index (χ2v) is 8.33. The largest absolute Gasteiger partial charge is 0.444 e. The quantitative estimate of drug-likeness (QED) is 0.799. The number of hydrogen-bond acceptors (Lipinski definition) is 4. The minimum atomic E-state index is -0.632. The Bertz CT molecular complexity index is 749. The third kappa shape index (κ3) is 6.56. The molecule has 0 spiro atoms. The summed E-state index contributed by atoms with van der Waals surface area (Å²) in [6.07, 6.45) is 0.0118. The van der Waals surface area contributed by atoms with Crippen molar-refractivity contribution in [1.29, 1.82) is 0 Å². The second-order valence-electron chi connectivity index (χ2n) is 7.51. The van der Waals surface area contributed by atoms with Crippen LogP contribution in [0, 0.1) is 0 Å². The summed E-state index contributed by atoms with van der Waals surface area (Å²) < 4.78 is 5.12. The van der Waals surface area contributed by atoms with Crippen LogP contribution in [0.1, 0.15) is 37.6 Å². The van der Waals surface area contributed by atoms with Crippen molar-refractivity contribution >= 4 is 41.1 Å². The van der Waals surface area contributed by atoms with Gasteiger partial charge in [-0.2, -0.15) is 0 Å². The highest BCUT2D eigenvalue weighted by Gasteiger charge is 2.24. The molecule has 0 aromatic heterocycles. The Morgan fingerprint density at radius 2 is 1.68 bits per heavy atom. The summed E-state index contributed by atoms with van der Waals surface area (Å²) in [4.78, 5) is 40.1. The highest BCUT2D eigenvalue weighted by molar-refractivity contribution is 6.42. The Labute approximate surface area is 174 Å². The molecular weight excluding hydrogens is 405 g/mol. The van der Waals surface area contributed by atoms with E-state index in [1.54, 1.807) is 48.8 Å². The van der Waals surface area contributed by atoms with Crippen LogP contribution in [0.2, 0.25) is 10.0 Å². The van der Waals surface area contributed by atoms with Gasteiger partial charge >= 0.3 is 6.09 Å². The van der Waals surface area contributed by atoms with Gasteiger partial charge in [0, 0.05) is 31.7 Å². The molecule has 0 aliphatic carbocycles. The Hall–Kier alpha value is -1.99. The number of alkyl carbamates (subject to hydrolysis) is 1. The van der Waals surface area contributed by atoms with Crippen molar-refractivity contribution in [3.63, 3.8) is 0 Å². The number of halogens is 2. The fraction of sp³-hybridized carbons (Fsp3) is 0.526. The van der Waals surface area contributed by atoms with Gasteiger partial charge in [0.1, 0.15) is 12.1 Å². The molecule has 1 N–H and O–H groups in total. The predicted molar refractivity (Wildman–Crippen MR) is 108 cm³/mol. The van der Waals surface area contributed by atoms with Crippen molar-refractivity contribution in [2.45, 2.75) is 32.8 Å². The molecule has 0 saturated carbocycles. The third-order valence-corrected chi connectivity index (χ3v) is 4.82. The summed E-state index contributed by atoms with van der Waals surface area (Å²) in [6.45, 7) is 6.95. The molecule has 1 aliphatic heterocycles. The molecule has 7 nitrogen and oxygen atoms in total. The zero-order chi connectivity index (χ0) is 20.9. The first-order valence-corrected chi connectivity index (χ1v) is 9.81. The monoisotopic (exact) mass is 429 g/mol. The normalized spacial score (nSPS) is 15.0. The summed E-state index contributed by atoms with van der Waals surface area (Å²) in [5.41, 5.74) is -0.165. The number of carbonyl (C=O) groups is 3. The van der Waals surface area contributed by atoms with E-state index in [2.05, 4.69) is 5.32 Å². The van der Waals surface area contributed by atoms with Crippen LogP contribution in [0.25, 0.3) is 0 Å². The van der Waals surface area contributed by atoms with Gasteiger partial charge in [0.2, 0.25) is 5.91 Å². The number of rotatable bonds is 3. The Balaban J connectivity index is 1.88. The van der Waals surface area contributed by atoms with E-state index >= 15 is 0 Å². The molecular formula is C19H25Cl2N3O4. The first-order valence-electron chi connectivity index (χ1n) is 9.06. The van der Waals surface area contributed by atoms with E-state index in [1.165, 1.54) is 0 Å². The molecule has 0 atom stereocenters. The van der Waals surface area contributed by atoms with E-state index in [1.807, 2.05) is 0 Å². The van der Waals surface area contributed by atoms with Gasteiger partial charge in [0.25, 0.3) is 5.91 Å². The average Bonchev–Trinajstić information content (AvgIpc) is 2.86. The Morgan fingerprint density at radius 3 is 2.32 bits per heavy atom. The molecule has 1 saturated heterocycles. The van der Waals surface area contributed by atoms with Gasteiger partial charge in [-0.15, -0.1) is 0 Å². The lowest BCUT2D eigenvalue weighted by atomic mass is 10.2. The molecule has 1 aromatic rings. The fourth-order valence-corrected chi connectivity index (χ4v) is 3.05. The Morgan fingerprint density at radius 1 is 1.04 bits per heavy atom. The maximum Gasteiger partial charge on any atom is 0.408 e. The number of amides is 3. The van der Waals surface area contributed by atoms with Crippen LogP contribution in [0.3, 0.4) is 0 Å². The van der Waals surface area contributed by atoms with Gasteiger partial charge in [-0.1, -0.05) is 23.2 Å². The van der Waals surface area contributed by atoms with E-state index in [0.29, 0.717) is 48.2 Å². The van der Waals surface area contributed by atoms with Gasteiger partial charge < -0.3 is 19.9 Å². The number of carbonyl (C=O) groups excluding carboxylic acids is 3. The molecule has 154 valence electrons. The lowest BCUT2D eigenvalue weighted by Crippen LogP contribution is -2.43. The highest BCUT2D eigenvalue weighted by atomic mass is 35.5. The van der Waals surface area contributed by atoms with E-state index in [9.17, 15) is 14.4 Å².